The molecule has 1 aromatic carbocycles. The maximum absolute atomic E-state index is 11.1. The van der Waals surface area contributed by atoms with Crippen LogP contribution >= 0.6 is 28.3 Å². The molecule has 0 radical (unpaired) electrons. The van der Waals surface area contributed by atoms with Gasteiger partial charge in [-0.3, -0.25) is 4.57 Å². The summed E-state index contributed by atoms with van der Waals surface area (Å²) >= 11 is 10.9. The molecule has 0 bridgehead atoms. The fraction of sp³-hybridized carbons (Fsp3) is 0.250. The first-order valence-corrected chi connectivity index (χ1v) is 7.33. The van der Waals surface area contributed by atoms with Gasteiger partial charge in [0.05, 0.1) is 13.3 Å². The number of methoxy groups -OCH3 is 1. The lowest BCUT2D eigenvalue weighted by Crippen LogP contribution is -1.89. The van der Waals surface area contributed by atoms with Gasteiger partial charge in [-0.25, -0.2) is 0 Å². The third-order valence-electron chi connectivity index (χ3n) is 1.55. The third-order valence-corrected chi connectivity index (χ3v) is 2.97. The maximum atomic E-state index is 11.1. The molecule has 0 spiro atoms. The lowest BCUT2D eigenvalue weighted by molar-refractivity contribution is 0.411. The lowest BCUT2D eigenvalue weighted by Gasteiger charge is -2.07. The molecule has 5 heteroatoms. The minimum atomic E-state index is -3.06. The molecule has 0 atom stereocenters. The van der Waals surface area contributed by atoms with Gasteiger partial charge in [-0.1, -0.05) is 18.2 Å². The van der Waals surface area contributed by atoms with Crippen LogP contribution in [-0.4, -0.2) is 7.11 Å². The van der Waals surface area contributed by atoms with E-state index in [-0.39, 0.29) is 6.16 Å². The lowest BCUT2D eigenvalue weighted by atomic mass is 10.2. The van der Waals surface area contributed by atoms with Crippen LogP contribution in [0.15, 0.2) is 24.3 Å². The summed E-state index contributed by atoms with van der Waals surface area (Å²) < 4.78 is 16.2. The number of benzene rings is 1. The zero-order valence-corrected chi connectivity index (χ0v) is 9.44. The van der Waals surface area contributed by atoms with Crippen molar-refractivity contribution in [3.8, 4) is 5.75 Å². The van der Waals surface area contributed by atoms with E-state index >= 15 is 0 Å². The van der Waals surface area contributed by atoms with E-state index in [9.17, 15) is 4.57 Å². The Morgan fingerprint density at radius 3 is 2.54 bits per heavy atom. The van der Waals surface area contributed by atoms with E-state index in [0.29, 0.717) is 5.75 Å². The Labute approximate surface area is 86.8 Å². The monoisotopic (exact) mass is 238 g/mol. The standard InChI is InChI=1S/C8H9Cl2O2P/c1-12-8-5-3-2-4-7(8)6-13(9,10)11/h2-5H,6H2,1H3. The zero-order valence-electron chi connectivity index (χ0n) is 7.04. The Morgan fingerprint density at radius 1 is 1.38 bits per heavy atom. The summed E-state index contributed by atoms with van der Waals surface area (Å²) in [6.45, 7) is 0. The van der Waals surface area contributed by atoms with Crippen LogP contribution in [0.2, 0.25) is 0 Å². The summed E-state index contributed by atoms with van der Waals surface area (Å²) in [7, 11) is 1.55. The fourth-order valence-electron chi connectivity index (χ4n) is 1.03. The topological polar surface area (TPSA) is 26.3 Å². The normalized spacial score (nSPS) is 11.3. The second-order valence-electron chi connectivity index (χ2n) is 2.54. The molecule has 13 heavy (non-hydrogen) atoms. The second kappa shape index (κ2) is 4.36. The van der Waals surface area contributed by atoms with Crippen molar-refractivity contribution < 1.29 is 9.30 Å². The highest BCUT2D eigenvalue weighted by Gasteiger charge is 2.16. The zero-order chi connectivity index (χ0) is 9.90. The SMILES string of the molecule is COc1ccccc1CP(=O)(Cl)Cl. The number of hydrogen-bond donors (Lipinski definition) is 0. The first-order valence-electron chi connectivity index (χ1n) is 3.63. The van der Waals surface area contributed by atoms with Crippen molar-refractivity contribution in [1.29, 1.82) is 0 Å². The molecule has 0 aliphatic rings. The Bertz CT molecular complexity index is 335. The first kappa shape index (κ1) is 10.9. The molecule has 0 aliphatic carbocycles. The van der Waals surface area contributed by atoms with Crippen LogP contribution in [0.5, 0.6) is 5.75 Å². The highest BCUT2D eigenvalue weighted by molar-refractivity contribution is 8.08. The van der Waals surface area contributed by atoms with Crippen LogP contribution in [0.3, 0.4) is 0 Å². The van der Waals surface area contributed by atoms with Gasteiger partial charge in [0.15, 0.2) is 0 Å². The average Bonchev–Trinajstić information content (AvgIpc) is 2.02. The van der Waals surface area contributed by atoms with E-state index in [0.717, 1.165) is 5.56 Å². The van der Waals surface area contributed by atoms with Gasteiger partial charge in [-0.2, -0.15) is 0 Å². The van der Waals surface area contributed by atoms with Crippen LogP contribution < -0.4 is 4.74 Å². The smallest absolute Gasteiger partial charge is 0.257 e. The predicted molar refractivity (Wildman–Crippen MR) is 56.0 cm³/mol. The fourth-order valence-corrected chi connectivity index (χ4v) is 2.46. The van der Waals surface area contributed by atoms with Crippen molar-refractivity contribution in [2.45, 2.75) is 6.16 Å². The van der Waals surface area contributed by atoms with Crippen molar-refractivity contribution >= 4 is 28.3 Å². The van der Waals surface area contributed by atoms with Gasteiger partial charge in [-0.15, -0.1) is 0 Å². The van der Waals surface area contributed by atoms with Crippen LogP contribution in [0, 0.1) is 0 Å². The van der Waals surface area contributed by atoms with Gasteiger partial charge in [0.25, 0.3) is 5.85 Å². The highest BCUT2D eigenvalue weighted by Crippen LogP contribution is 2.59. The van der Waals surface area contributed by atoms with Gasteiger partial charge in [-0.05, 0) is 28.5 Å². The molecule has 72 valence electrons. The number of ether oxygens (including phenoxy) is 1. The van der Waals surface area contributed by atoms with Crippen molar-refractivity contribution in [3.63, 3.8) is 0 Å². The number of halogens is 2. The van der Waals surface area contributed by atoms with Crippen LogP contribution in [0.1, 0.15) is 5.56 Å². The van der Waals surface area contributed by atoms with E-state index in [4.69, 9.17) is 27.2 Å². The van der Waals surface area contributed by atoms with Crippen molar-refractivity contribution in [1.82, 2.24) is 0 Å². The molecule has 1 rings (SSSR count). The predicted octanol–water partition coefficient (Wildman–Crippen LogP) is 3.87. The molecule has 0 heterocycles. The van der Waals surface area contributed by atoms with Gasteiger partial charge >= 0.3 is 0 Å². The van der Waals surface area contributed by atoms with E-state index < -0.39 is 5.85 Å². The molecule has 2 nitrogen and oxygen atoms in total. The Hall–Kier alpha value is -0.170. The summed E-state index contributed by atoms with van der Waals surface area (Å²) in [5, 5.41) is 0. The Balaban J connectivity index is 2.94. The second-order valence-corrected chi connectivity index (χ2v) is 7.79. The molecule has 0 aliphatic heterocycles. The molecule has 0 unspecified atom stereocenters. The number of rotatable bonds is 3. The largest absolute Gasteiger partial charge is 0.496 e. The van der Waals surface area contributed by atoms with Crippen molar-refractivity contribution in [2.75, 3.05) is 7.11 Å². The minimum Gasteiger partial charge on any atom is -0.496 e. The van der Waals surface area contributed by atoms with Gasteiger partial charge in [0, 0.05) is 5.56 Å². The molecule has 0 fully saturated rings. The summed E-state index contributed by atoms with van der Waals surface area (Å²) in [5.74, 6) is -2.41. The van der Waals surface area contributed by atoms with E-state index in [1.165, 1.54) is 0 Å². The molecule has 0 N–H and O–H groups in total. The molecule has 0 amide bonds. The first-order chi connectivity index (χ1) is 6.03. The van der Waals surface area contributed by atoms with E-state index in [1.807, 2.05) is 12.1 Å². The van der Waals surface area contributed by atoms with E-state index in [1.54, 1.807) is 19.2 Å². The summed E-state index contributed by atoms with van der Waals surface area (Å²) in [5.41, 5.74) is 0.762. The third kappa shape index (κ3) is 3.60. The number of hydrogen-bond acceptors (Lipinski definition) is 2. The number of para-hydroxylation sites is 1. The highest BCUT2D eigenvalue weighted by atomic mass is 35.9. The van der Waals surface area contributed by atoms with Crippen molar-refractivity contribution in [3.05, 3.63) is 29.8 Å². The molecule has 1 aromatic rings. The maximum Gasteiger partial charge on any atom is 0.257 e. The van der Waals surface area contributed by atoms with E-state index in [2.05, 4.69) is 0 Å². The van der Waals surface area contributed by atoms with Crippen LogP contribution in [0.4, 0.5) is 0 Å². The molecule has 0 saturated carbocycles. The molecule has 0 saturated heterocycles. The van der Waals surface area contributed by atoms with Crippen LogP contribution in [-0.2, 0) is 10.7 Å². The van der Waals surface area contributed by atoms with Gasteiger partial charge < -0.3 is 4.74 Å². The molecular formula is C8H9Cl2O2P. The summed E-state index contributed by atoms with van der Waals surface area (Å²) in [4.78, 5) is 0. The Morgan fingerprint density at radius 2 is 2.00 bits per heavy atom. The summed E-state index contributed by atoms with van der Waals surface area (Å²) in [6, 6.07) is 7.21. The molecular weight excluding hydrogens is 230 g/mol. The quantitative estimate of drug-likeness (QED) is 0.748. The molecule has 0 aromatic heterocycles. The summed E-state index contributed by atoms with van der Waals surface area (Å²) in [6.07, 6.45) is 0.139. The average molecular weight is 239 g/mol. The Kier molecular flexibility index (Phi) is 3.66. The van der Waals surface area contributed by atoms with Gasteiger partial charge in [0.1, 0.15) is 5.75 Å². The minimum absolute atomic E-state index is 0.139. The van der Waals surface area contributed by atoms with Crippen molar-refractivity contribution in [2.24, 2.45) is 0 Å². The van der Waals surface area contributed by atoms with Crippen LogP contribution in [0.25, 0.3) is 0 Å². The van der Waals surface area contributed by atoms with Gasteiger partial charge in [0.2, 0.25) is 0 Å².